The molecule has 0 saturated carbocycles. The fraction of sp³-hybridized carbons (Fsp3) is 0.560. The molecule has 0 aliphatic carbocycles. The molecule has 0 radical (unpaired) electrons. The van der Waals surface area contributed by atoms with E-state index in [0.29, 0.717) is 42.8 Å². The lowest BCUT2D eigenvalue weighted by Gasteiger charge is -2.24. The molecule has 0 amide bonds. The van der Waals surface area contributed by atoms with Crippen LogP contribution in [0.1, 0.15) is 43.4 Å². The second-order valence-corrected chi connectivity index (χ2v) is 9.26. The molecule has 4 heterocycles. The quantitative estimate of drug-likeness (QED) is 0.288. The number of pyridine rings is 1. The van der Waals surface area contributed by atoms with Gasteiger partial charge in [0.25, 0.3) is 0 Å². The zero-order valence-corrected chi connectivity index (χ0v) is 20.8. The Bertz CT molecular complexity index is 1150. The monoisotopic (exact) mass is 498 g/mol. The van der Waals surface area contributed by atoms with Crippen LogP contribution < -0.4 is 10.6 Å². The zero-order valence-electron chi connectivity index (χ0n) is 20.8. The molecule has 0 saturated heterocycles. The van der Waals surface area contributed by atoms with E-state index in [2.05, 4.69) is 42.7 Å². The first-order valence-electron chi connectivity index (χ1n) is 12.7. The van der Waals surface area contributed by atoms with Gasteiger partial charge < -0.3 is 20.6 Å². The number of halogens is 1. The molecule has 194 valence electrons. The molecular formula is C25H35FN8O2. The Labute approximate surface area is 210 Å². The highest BCUT2D eigenvalue weighted by molar-refractivity contribution is 5.87. The largest absolute Gasteiger partial charge is 0.480 e. The number of carboxylic acids is 1. The number of anilines is 2. The molecule has 1 aliphatic heterocycles. The third-order valence-corrected chi connectivity index (χ3v) is 6.48. The van der Waals surface area contributed by atoms with Gasteiger partial charge in [0.05, 0.1) is 12.9 Å². The van der Waals surface area contributed by atoms with E-state index in [0.717, 1.165) is 56.7 Å². The maximum atomic E-state index is 12.9. The van der Waals surface area contributed by atoms with E-state index < -0.39 is 12.0 Å². The van der Waals surface area contributed by atoms with Crippen molar-refractivity contribution < 1.29 is 14.3 Å². The summed E-state index contributed by atoms with van der Waals surface area (Å²) < 4.78 is 14.5. The van der Waals surface area contributed by atoms with Crippen LogP contribution in [0.4, 0.5) is 16.0 Å². The van der Waals surface area contributed by atoms with Gasteiger partial charge in [-0.1, -0.05) is 6.07 Å². The van der Waals surface area contributed by atoms with Gasteiger partial charge in [0.15, 0.2) is 11.3 Å². The van der Waals surface area contributed by atoms with Crippen LogP contribution in [0.5, 0.6) is 0 Å². The topological polar surface area (TPSA) is 121 Å². The first-order valence-corrected chi connectivity index (χ1v) is 12.7. The summed E-state index contributed by atoms with van der Waals surface area (Å²) in [5, 5.41) is 20.5. The molecule has 0 aromatic carbocycles. The lowest BCUT2D eigenvalue weighted by atomic mass is 10.1. The van der Waals surface area contributed by atoms with E-state index in [-0.39, 0.29) is 6.67 Å². The fourth-order valence-electron chi connectivity index (χ4n) is 4.56. The van der Waals surface area contributed by atoms with Crippen LogP contribution in [0.2, 0.25) is 0 Å². The SMILES string of the molecule is Cn1cc2ncnc(N[C@@H](CCN(CCCF)CCCCc3ccc4c(n3)NCCC4)C(=O)O)c2n1. The molecule has 1 atom stereocenters. The summed E-state index contributed by atoms with van der Waals surface area (Å²) in [4.78, 5) is 27.2. The van der Waals surface area contributed by atoms with Crippen molar-refractivity contribution in [2.75, 3.05) is 43.5 Å². The van der Waals surface area contributed by atoms with Gasteiger partial charge >= 0.3 is 5.97 Å². The van der Waals surface area contributed by atoms with Crippen LogP contribution in [0, 0.1) is 0 Å². The number of nitrogens with zero attached hydrogens (tertiary/aromatic N) is 6. The number of fused-ring (bicyclic) bond motifs is 2. The summed E-state index contributed by atoms with van der Waals surface area (Å²) in [5.74, 6) is 0.452. The predicted octanol–water partition coefficient (Wildman–Crippen LogP) is 3.06. The summed E-state index contributed by atoms with van der Waals surface area (Å²) in [6.45, 7) is 2.52. The fourth-order valence-corrected chi connectivity index (χ4v) is 4.56. The average molecular weight is 499 g/mol. The third-order valence-electron chi connectivity index (χ3n) is 6.48. The minimum absolute atomic E-state index is 0.359. The molecule has 10 nitrogen and oxygen atoms in total. The van der Waals surface area contributed by atoms with Gasteiger partial charge in [-0.05, 0) is 63.1 Å². The van der Waals surface area contributed by atoms with Gasteiger partial charge in [-0.25, -0.2) is 19.7 Å². The van der Waals surface area contributed by atoms with Crippen molar-refractivity contribution in [3.05, 3.63) is 35.9 Å². The lowest BCUT2D eigenvalue weighted by molar-refractivity contribution is -0.138. The third kappa shape index (κ3) is 6.87. The maximum Gasteiger partial charge on any atom is 0.326 e. The number of carbonyl (C=O) groups is 1. The van der Waals surface area contributed by atoms with Crippen LogP contribution >= 0.6 is 0 Å². The number of rotatable bonds is 14. The van der Waals surface area contributed by atoms with E-state index in [9.17, 15) is 14.3 Å². The molecule has 36 heavy (non-hydrogen) atoms. The molecule has 0 spiro atoms. The Balaban J connectivity index is 1.29. The summed E-state index contributed by atoms with van der Waals surface area (Å²) in [6, 6.07) is 3.44. The number of aliphatic carboxylic acids is 1. The van der Waals surface area contributed by atoms with Crippen molar-refractivity contribution in [2.24, 2.45) is 7.05 Å². The molecule has 3 aromatic heterocycles. The van der Waals surface area contributed by atoms with Crippen LogP contribution in [-0.4, -0.2) is 79.6 Å². The first kappa shape index (κ1) is 25.7. The Morgan fingerprint density at radius 3 is 2.94 bits per heavy atom. The number of unbranched alkanes of at least 4 members (excludes halogenated alkanes) is 1. The number of hydrogen-bond donors (Lipinski definition) is 3. The normalized spacial score (nSPS) is 14.0. The van der Waals surface area contributed by atoms with Crippen LogP contribution in [-0.2, 0) is 24.7 Å². The van der Waals surface area contributed by atoms with Gasteiger partial charge in [-0.2, -0.15) is 5.10 Å². The van der Waals surface area contributed by atoms with Gasteiger partial charge in [0, 0.05) is 32.4 Å². The van der Waals surface area contributed by atoms with Gasteiger partial charge in [-0.3, -0.25) is 9.07 Å². The zero-order chi connectivity index (χ0) is 25.3. The number of aromatic nitrogens is 5. The van der Waals surface area contributed by atoms with Crippen molar-refractivity contribution in [2.45, 2.75) is 51.0 Å². The second kappa shape index (κ2) is 12.6. The van der Waals surface area contributed by atoms with Crippen LogP contribution in [0.25, 0.3) is 11.0 Å². The Kier molecular flexibility index (Phi) is 8.99. The summed E-state index contributed by atoms with van der Waals surface area (Å²) in [6.07, 6.45) is 8.96. The second-order valence-electron chi connectivity index (χ2n) is 9.26. The number of nitrogens with one attached hydrogen (secondary N) is 2. The highest BCUT2D eigenvalue weighted by Gasteiger charge is 2.21. The van der Waals surface area contributed by atoms with Crippen LogP contribution in [0.3, 0.4) is 0 Å². The summed E-state index contributed by atoms with van der Waals surface area (Å²) in [7, 11) is 1.78. The van der Waals surface area contributed by atoms with Crippen molar-refractivity contribution in [1.82, 2.24) is 29.6 Å². The number of hydrogen-bond acceptors (Lipinski definition) is 8. The first-order chi connectivity index (χ1) is 17.5. The molecule has 0 bridgehead atoms. The molecule has 4 rings (SSSR count). The Morgan fingerprint density at radius 1 is 1.25 bits per heavy atom. The van der Waals surface area contributed by atoms with Gasteiger partial charge in [0.1, 0.15) is 23.7 Å². The average Bonchev–Trinajstić information content (AvgIpc) is 3.27. The number of aryl methyl sites for hydroxylation is 3. The standard InChI is InChI=1S/C25H35FN8O2/c1-33-16-21-22(32-33)24(29-17-28-21)31-20(25(35)36)10-15-34(14-5-11-26)13-3-2-7-19-9-8-18-6-4-12-27-23(18)30-19/h8-9,16-17,20H,2-7,10-15H2,1H3,(H,27,30)(H,35,36)(H,28,29,31)/t20-/m0/s1. The summed E-state index contributed by atoms with van der Waals surface area (Å²) >= 11 is 0. The van der Waals surface area contributed by atoms with Crippen molar-refractivity contribution in [1.29, 1.82) is 0 Å². The molecule has 1 aliphatic rings. The maximum absolute atomic E-state index is 12.9. The van der Waals surface area contributed by atoms with Crippen molar-refractivity contribution in [3.8, 4) is 0 Å². The molecular weight excluding hydrogens is 463 g/mol. The lowest BCUT2D eigenvalue weighted by Crippen LogP contribution is -2.36. The van der Waals surface area contributed by atoms with Crippen molar-refractivity contribution >= 4 is 28.6 Å². The van der Waals surface area contributed by atoms with E-state index >= 15 is 0 Å². The molecule has 0 unspecified atom stereocenters. The van der Waals surface area contributed by atoms with Gasteiger partial charge in [0.2, 0.25) is 0 Å². The number of carboxylic acid groups (broad SMARTS) is 1. The molecule has 0 fully saturated rings. The van der Waals surface area contributed by atoms with Crippen LogP contribution in [0.15, 0.2) is 24.7 Å². The minimum atomic E-state index is -0.963. The Morgan fingerprint density at radius 2 is 2.11 bits per heavy atom. The minimum Gasteiger partial charge on any atom is -0.480 e. The van der Waals surface area contributed by atoms with E-state index in [1.54, 1.807) is 17.9 Å². The van der Waals surface area contributed by atoms with Gasteiger partial charge in [-0.15, -0.1) is 0 Å². The van der Waals surface area contributed by atoms with E-state index in [4.69, 9.17) is 4.98 Å². The summed E-state index contributed by atoms with van der Waals surface area (Å²) in [5.41, 5.74) is 3.55. The van der Waals surface area contributed by atoms with E-state index in [1.165, 1.54) is 11.9 Å². The predicted molar refractivity (Wildman–Crippen MR) is 137 cm³/mol. The van der Waals surface area contributed by atoms with Crippen molar-refractivity contribution in [3.63, 3.8) is 0 Å². The molecule has 3 N–H and O–H groups in total. The highest BCUT2D eigenvalue weighted by atomic mass is 19.1. The van der Waals surface area contributed by atoms with E-state index in [1.807, 2.05) is 0 Å². The Hall–Kier alpha value is -3.34. The molecule has 3 aromatic rings. The smallest absolute Gasteiger partial charge is 0.326 e. The molecule has 11 heteroatoms. The number of alkyl halides is 1. The highest BCUT2D eigenvalue weighted by Crippen LogP contribution is 2.21.